The maximum Gasteiger partial charge on any atom is 0.260 e. The van der Waals surface area contributed by atoms with Gasteiger partial charge in [-0.1, -0.05) is 16.8 Å². The van der Waals surface area contributed by atoms with Gasteiger partial charge in [-0.25, -0.2) is 8.78 Å². The van der Waals surface area contributed by atoms with E-state index < -0.39 is 11.6 Å². The molecular formula is C9H5ClF2N2O. The summed E-state index contributed by atoms with van der Waals surface area (Å²) >= 11 is 5.51. The Bertz CT molecular complexity index is 513. The second-order valence-corrected chi connectivity index (χ2v) is 3.30. The summed E-state index contributed by atoms with van der Waals surface area (Å²) in [6, 6.07) is 1.79. The van der Waals surface area contributed by atoms with Crippen LogP contribution in [0.15, 0.2) is 16.7 Å². The second-order valence-electron chi connectivity index (χ2n) is 2.89. The van der Waals surface area contributed by atoms with Crippen LogP contribution in [0.5, 0.6) is 0 Å². The van der Waals surface area contributed by atoms with Crippen molar-refractivity contribution in [3.8, 4) is 11.5 Å². The molecule has 0 aliphatic rings. The topological polar surface area (TPSA) is 38.9 Å². The number of halogens is 3. The van der Waals surface area contributed by atoms with Gasteiger partial charge in [-0.2, -0.15) is 4.98 Å². The summed E-state index contributed by atoms with van der Waals surface area (Å²) in [5, 5.41) is 3.30. The van der Waals surface area contributed by atoms with E-state index >= 15 is 0 Å². The lowest BCUT2D eigenvalue weighted by molar-refractivity contribution is 0.423. The molecule has 0 fully saturated rings. The molecule has 0 atom stereocenters. The molecule has 0 bridgehead atoms. The molecule has 1 aromatic carbocycles. The molecule has 0 aliphatic heterocycles. The van der Waals surface area contributed by atoms with Crippen LogP contribution in [0.4, 0.5) is 8.78 Å². The van der Waals surface area contributed by atoms with Gasteiger partial charge in [0.15, 0.2) is 5.82 Å². The van der Waals surface area contributed by atoms with E-state index in [9.17, 15) is 8.78 Å². The van der Waals surface area contributed by atoms with Gasteiger partial charge in [-0.3, -0.25) is 0 Å². The van der Waals surface area contributed by atoms with E-state index in [1.165, 1.54) is 0 Å². The van der Waals surface area contributed by atoms with Gasteiger partial charge in [-0.05, 0) is 13.0 Å². The Kier molecular flexibility index (Phi) is 2.40. The van der Waals surface area contributed by atoms with Gasteiger partial charge in [0.2, 0.25) is 0 Å². The molecule has 3 nitrogen and oxygen atoms in total. The summed E-state index contributed by atoms with van der Waals surface area (Å²) in [5.41, 5.74) is -0.0120. The zero-order chi connectivity index (χ0) is 11.0. The van der Waals surface area contributed by atoms with E-state index in [2.05, 4.69) is 10.1 Å². The largest absolute Gasteiger partial charge is 0.334 e. The van der Waals surface area contributed by atoms with Gasteiger partial charge in [0.25, 0.3) is 5.89 Å². The third-order valence-corrected chi connectivity index (χ3v) is 2.06. The van der Waals surface area contributed by atoms with Crippen LogP contribution in [0.2, 0.25) is 5.02 Å². The molecule has 0 spiro atoms. The monoisotopic (exact) mass is 230 g/mol. The Morgan fingerprint density at radius 1 is 1.27 bits per heavy atom. The van der Waals surface area contributed by atoms with E-state index in [1.54, 1.807) is 6.92 Å². The highest BCUT2D eigenvalue weighted by Gasteiger charge is 2.15. The van der Waals surface area contributed by atoms with Gasteiger partial charge in [0, 0.05) is 6.07 Å². The third-order valence-electron chi connectivity index (χ3n) is 1.77. The summed E-state index contributed by atoms with van der Waals surface area (Å²) < 4.78 is 30.9. The SMILES string of the molecule is Cc1noc(-c2cc(Cl)c(F)cc2F)n1. The molecule has 78 valence electrons. The zero-order valence-corrected chi connectivity index (χ0v) is 8.35. The van der Waals surface area contributed by atoms with Crippen molar-refractivity contribution in [2.45, 2.75) is 6.92 Å². The summed E-state index contributed by atoms with van der Waals surface area (Å²) in [4.78, 5) is 3.81. The summed E-state index contributed by atoms with van der Waals surface area (Å²) in [7, 11) is 0. The van der Waals surface area contributed by atoms with Crippen LogP contribution in [-0.4, -0.2) is 10.1 Å². The maximum atomic E-state index is 13.3. The molecule has 0 saturated carbocycles. The van der Waals surface area contributed by atoms with Crippen molar-refractivity contribution in [2.75, 3.05) is 0 Å². The van der Waals surface area contributed by atoms with Gasteiger partial charge < -0.3 is 4.52 Å². The molecule has 0 radical (unpaired) electrons. The standard InChI is InChI=1S/C9H5ClF2N2O/c1-4-13-9(15-14-4)5-2-6(10)8(12)3-7(5)11/h2-3H,1H3. The smallest absolute Gasteiger partial charge is 0.260 e. The fourth-order valence-electron chi connectivity index (χ4n) is 1.09. The number of hydrogen-bond acceptors (Lipinski definition) is 3. The van der Waals surface area contributed by atoms with E-state index in [0.717, 1.165) is 6.07 Å². The molecule has 0 unspecified atom stereocenters. The quantitative estimate of drug-likeness (QED) is 0.707. The molecule has 1 aromatic heterocycles. The van der Waals surface area contributed by atoms with Crippen molar-refractivity contribution in [2.24, 2.45) is 0 Å². The highest BCUT2D eigenvalue weighted by atomic mass is 35.5. The molecule has 1 heterocycles. The number of rotatable bonds is 1. The van der Waals surface area contributed by atoms with Crippen LogP contribution in [0.25, 0.3) is 11.5 Å². The Morgan fingerprint density at radius 2 is 2.00 bits per heavy atom. The fourth-order valence-corrected chi connectivity index (χ4v) is 1.26. The van der Waals surface area contributed by atoms with Crippen molar-refractivity contribution in [1.29, 1.82) is 0 Å². The van der Waals surface area contributed by atoms with Crippen LogP contribution >= 0.6 is 11.6 Å². The second kappa shape index (κ2) is 3.58. The van der Waals surface area contributed by atoms with Crippen molar-refractivity contribution >= 4 is 11.6 Å². The molecule has 0 amide bonds. The lowest BCUT2D eigenvalue weighted by atomic mass is 10.2. The van der Waals surface area contributed by atoms with Crippen LogP contribution < -0.4 is 0 Å². The predicted octanol–water partition coefficient (Wildman–Crippen LogP) is 2.98. The Hall–Kier alpha value is -1.49. The van der Waals surface area contributed by atoms with Gasteiger partial charge in [-0.15, -0.1) is 0 Å². The zero-order valence-electron chi connectivity index (χ0n) is 7.59. The third kappa shape index (κ3) is 1.83. The van der Waals surface area contributed by atoms with Crippen LogP contribution in [0.3, 0.4) is 0 Å². The lowest BCUT2D eigenvalue weighted by Crippen LogP contribution is -1.88. The van der Waals surface area contributed by atoms with Gasteiger partial charge in [0.05, 0.1) is 10.6 Å². The van der Waals surface area contributed by atoms with E-state index in [1.807, 2.05) is 0 Å². The average molecular weight is 231 g/mol. The highest BCUT2D eigenvalue weighted by Crippen LogP contribution is 2.26. The van der Waals surface area contributed by atoms with Crippen LogP contribution in [-0.2, 0) is 0 Å². The molecule has 0 saturated heterocycles. The first-order valence-electron chi connectivity index (χ1n) is 4.03. The Labute approximate surface area is 88.7 Å². The molecule has 0 N–H and O–H groups in total. The number of aryl methyl sites for hydroxylation is 1. The fraction of sp³-hybridized carbons (Fsp3) is 0.111. The van der Waals surface area contributed by atoms with Crippen molar-refractivity contribution < 1.29 is 13.3 Å². The molecule has 0 aliphatic carbocycles. The van der Waals surface area contributed by atoms with Crippen molar-refractivity contribution in [1.82, 2.24) is 10.1 Å². The predicted molar refractivity (Wildman–Crippen MR) is 49.4 cm³/mol. The van der Waals surface area contributed by atoms with Crippen LogP contribution in [0, 0.1) is 18.6 Å². The minimum Gasteiger partial charge on any atom is -0.334 e. The molecule has 2 aromatic rings. The first-order chi connectivity index (χ1) is 7.08. The number of nitrogens with zero attached hydrogens (tertiary/aromatic N) is 2. The Balaban J connectivity index is 2.58. The highest BCUT2D eigenvalue weighted by molar-refractivity contribution is 6.31. The summed E-state index contributed by atoms with van der Waals surface area (Å²) in [5.74, 6) is -1.27. The Morgan fingerprint density at radius 3 is 2.60 bits per heavy atom. The number of benzene rings is 1. The molecule has 15 heavy (non-hydrogen) atoms. The molecular weight excluding hydrogens is 226 g/mol. The first-order valence-corrected chi connectivity index (χ1v) is 4.41. The first kappa shape index (κ1) is 10.0. The summed E-state index contributed by atoms with van der Waals surface area (Å²) in [6.45, 7) is 1.59. The van der Waals surface area contributed by atoms with Crippen molar-refractivity contribution in [3.05, 3.63) is 34.6 Å². The number of aromatic nitrogens is 2. The average Bonchev–Trinajstić information content (AvgIpc) is 2.58. The van der Waals surface area contributed by atoms with Crippen molar-refractivity contribution in [3.63, 3.8) is 0 Å². The minimum absolute atomic E-state index is 0.0120. The van der Waals surface area contributed by atoms with Gasteiger partial charge in [0.1, 0.15) is 11.6 Å². The minimum atomic E-state index is -0.825. The van der Waals surface area contributed by atoms with E-state index in [-0.39, 0.29) is 16.5 Å². The number of hydrogen-bond donors (Lipinski definition) is 0. The maximum absolute atomic E-state index is 13.3. The lowest BCUT2D eigenvalue weighted by Gasteiger charge is -1.99. The molecule has 6 heteroatoms. The van der Waals surface area contributed by atoms with Crippen LogP contribution in [0.1, 0.15) is 5.82 Å². The summed E-state index contributed by atoms with van der Waals surface area (Å²) in [6.07, 6.45) is 0. The molecule has 2 rings (SSSR count). The van der Waals surface area contributed by atoms with E-state index in [4.69, 9.17) is 16.1 Å². The normalized spacial score (nSPS) is 10.7. The van der Waals surface area contributed by atoms with Gasteiger partial charge >= 0.3 is 0 Å². The van der Waals surface area contributed by atoms with E-state index in [0.29, 0.717) is 11.9 Å².